The highest BCUT2D eigenvalue weighted by molar-refractivity contribution is 5.77. The molecule has 0 atom stereocenters. The van der Waals surface area contributed by atoms with Crippen molar-refractivity contribution >= 4 is 17.0 Å². The zero-order valence-electron chi connectivity index (χ0n) is 11.3. The Morgan fingerprint density at radius 1 is 1.47 bits per heavy atom. The van der Waals surface area contributed by atoms with Gasteiger partial charge in [0, 0.05) is 11.5 Å². The minimum Gasteiger partial charge on any atom is -0.481 e. The van der Waals surface area contributed by atoms with E-state index in [1.165, 1.54) is 12.8 Å². The molecule has 4 heteroatoms. The van der Waals surface area contributed by atoms with E-state index in [4.69, 9.17) is 5.11 Å². The highest BCUT2D eigenvalue weighted by Crippen LogP contribution is 2.38. The fourth-order valence-corrected chi connectivity index (χ4v) is 2.58. The minimum atomic E-state index is -0.770. The quantitative estimate of drug-likeness (QED) is 0.916. The van der Waals surface area contributed by atoms with Gasteiger partial charge in [0.15, 0.2) is 0 Å². The standard InChI is InChI=1S/C15H18N2O2/c1-15(2,8-14(18)19)10-3-6-13-12(7-10)16-9-17(13)11-4-5-11/h3,6-7,9,11H,4-5,8H2,1-2H3,(H,18,19). The van der Waals surface area contributed by atoms with Crippen LogP contribution in [0.25, 0.3) is 11.0 Å². The summed E-state index contributed by atoms with van der Waals surface area (Å²) in [5, 5.41) is 8.99. The lowest BCUT2D eigenvalue weighted by atomic mass is 9.81. The number of carbonyl (C=O) groups is 1. The summed E-state index contributed by atoms with van der Waals surface area (Å²) in [6.45, 7) is 3.92. The molecule has 19 heavy (non-hydrogen) atoms. The highest BCUT2D eigenvalue weighted by Gasteiger charge is 2.27. The molecule has 1 fully saturated rings. The fraction of sp³-hybridized carbons (Fsp3) is 0.467. The van der Waals surface area contributed by atoms with Crippen molar-refractivity contribution in [2.24, 2.45) is 0 Å². The average molecular weight is 258 g/mol. The van der Waals surface area contributed by atoms with E-state index >= 15 is 0 Å². The summed E-state index contributed by atoms with van der Waals surface area (Å²) < 4.78 is 2.23. The van der Waals surface area contributed by atoms with Crippen molar-refractivity contribution in [3.63, 3.8) is 0 Å². The molecule has 1 heterocycles. The van der Waals surface area contributed by atoms with Crippen molar-refractivity contribution in [2.45, 2.75) is 44.6 Å². The summed E-state index contributed by atoms with van der Waals surface area (Å²) in [5.74, 6) is -0.770. The second-order valence-electron chi connectivity index (χ2n) is 6.04. The van der Waals surface area contributed by atoms with Gasteiger partial charge in [-0.05, 0) is 30.5 Å². The van der Waals surface area contributed by atoms with Gasteiger partial charge >= 0.3 is 5.97 Å². The van der Waals surface area contributed by atoms with Crippen LogP contribution in [0.2, 0.25) is 0 Å². The summed E-state index contributed by atoms with van der Waals surface area (Å²) in [6.07, 6.45) is 4.49. The largest absolute Gasteiger partial charge is 0.481 e. The zero-order valence-corrected chi connectivity index (χ0v) is 11.3. The van der Waals surface area contributed by atoms with Crippen LogP contribution in [-0.2, 0) is 10.2 Å². The SMILES string of the molecule is CC(C)(CC(=O)O)c1ccc2c(c1)ncn2C1CC1. The molecule has 100 valence electrons. The fourth-order valence-electron chi connectivity index (χ4n) is 2.58. The van der Waals surface area contributed by atoms with Crippen LogP contribution in [0.4, 0.5) is 0 Å². The molecule has 1 saturated carbocycles. The molecule has 0 unspecified atom stereocenters. The van der Waals surface area contributed by atoms with Crippen LogP contribution in [0.3, 0.4) is 0 Å². The summed E-state index contributed by atoms with van der Waals surface area (Å²) in [6, 6.07) is 6.74. The smallest absolute Gasteiger partial charge is 0.304 e. The molecule has 0 radical (unpaired) electrons. The van der Waals surface area contributed by atoms with Gasteiger partial charge in [0.05, 0.1) is 23.8 Å². The Labute approximate surface area is 112 Å². The predicted molar refractivity (Wildman–Crippen MR) is 73.3 cm³/mol. The molecule has 1 N–H and O–H groups in total. The number of carboxylic acids is 1. The van der Waals surface area contributed by atoms with Gasteiger partial charge < -0.3 is 9.67 Å². The number of carboxylic acid groups (broad SMARTS) is 1. The first-order chi connectivity index (χ1) is 8.97. The van der Waals surface area contributed by atoms with Crippen molar-refractivity contribution in [2.75, 3.05) is 0 Å². The molecule has 4 nitrogen and oxygen atoms in total. The molecule has 0 saturated heterocycles. The van der Waals surface area contributed by atoms with Gasteiger partial charge in [-0.25, -0.2) is 4.98 Å². The van der Waals surface area contributed by atoms with Crippen molar-refractivity contribution in [1.82, 2.24) is 9.55 Å². The molecule has 2 aromatic rings. The van der Waals surface area contributed by atoms with Crippen molar-refractivity contribution in [3.05, 3.63) is 30.1 Å². The Bertz CT molecular complexity index is 639. The number of benzene rings is 1. The molecule has 0 bridgehead atoms. The molecule has 0 aliphatic heterocycles. The Hall–Kier alpha value is -1.84. The number of hydrogen-bond donors (Lipinski definition) is 1. The highest BCUT2D eigenvalue weighted by atomic mass is 16.4. The molecule has 0 amide bonds. The van der Waals surface area contributed by atoms with Gasteiger partial charge in [-0.15, -0.1) is 0 Å². The van der Waals surface area contributed by atoms with Crippen molar-refractivity contribution in [1.29, 1.82) is 0 Å². The lowest BCUT2D eigenvalue weighted by molar-refractivity contribution is -0.138. The Balaban J connectivity index is 2.00. The maximum absolute atomic E-state index is 10.9. The van der Waals surface area contributed by atoms with E-state index < -0.39 is 5.97 Å². The number of hydrogen-bond acceptors (Lipinski definition) is 2. The van der Waals surface area contributed by atoms with Gasteiger partial charge in [-0.1, -0.05) is 19.9 Å². The third kappa shape index (κ3) is 2.23. The Morgan fingerprint density at radius 2 is 2.21 bits per heavy atom. The monoisotopic (exact) mass is 258 g/mol. The Morgan fingerprint density at radius 3 is 2.84 bits per heavy atom. The first-order valence-corrected chi connectivity index (χ1v) is 6.66. The van der Waals surface area contributed by atoms with Gasteiger partial charge in [0.25, 0.3) is 0 Å². The lowest BCUT2D eigenvalue weighted by Crippen LogP contribution is -2.21. The second kappa shape index (κ2) is 4.08. The van der Waals surface area contributed by atoms with Crippen molar-refractivity contribution in [3.8, 4) is 0 Å². The maximum atomic E-state index is 10.9. The third-order valence-electron chi connectivity index (χ3n) is 3.89. The number of fused-ring (bicyclic) bond motifs is 1. The van der Waals surface area contributed by atoms with Crippen LogP contribution >= 0.6 is 0 Å². The number of rotatable bonds is 4. The van der Waals surface area contributed by atoms with E-state index in [0.717, 1.165) is 16.6 Å². The molecule has 0 spiro atoms. The van der Waals surface area contributed by atoms with E-state index in [9.17, 15) is 4.79 Å². The van der Waals surface area contributed by atoms with Crippen LogP contribution in [0.15, 0.2) is 24.5 Å². The molecule has 3 rings (SSSR count). The summed E-state index contributed by atoms with van der Waals surface area (Å²) in [5.41, 5.74) is 2.77. The minimum absolute atomic E-state index is 0.127. The number of imidazole rings is 1. The molecule has 1 aromatic heterocycles. The molecule has 1 aliphatic carbocycles. The summed E-state index contributed by atoms with van der Waals surface area (Å²) in [7, 11) is 0. The van der Waals surface area contributed by atoms with Crippen LogP contribution in [-0.4, -0.2) is 20.6 Å². The van der Waals surface area contributed by atoms with Crippen LogP contribution < -0.4 is 0 Å². The maximum Gasteiger partial charge on any atom is 0.304 e. The molecular weight excluding hydrogens is 240 g/mol. The molecular formula is C15H18N2O2. The van der Waals surface area contributed by atoms with E-state index in [2.05, 4.69) is 15.6 Å². The third-order valence-corrected chi connectivity index (χ3v) is 3.89. The van der Waals surface area contributed by atoms with Crippen LogP contribution in [0, 0.1) is 0 Å². The molecule has 1 aliphatic rings. The van der Waals surface area contributed by atoms with E-state index in [-0.39, 0.29) is 11.8 Å². The zero-order chi connectivity index (χ0) is 13.6. The first-order valence-electron chi connectivity index (χ1n) is 6.66. The number of nitrogens with zero attached hydrogens (tertiary/aromatic N) is 2. The van der Waals surface area contributed by atoms with E-state index in [1.54, 1.807) is 0 Å². The number of aromatic nitrogens is 2. The average Bonchev–Trinajstić information content (AvgIpc) is 3.07. The summed E-state index contributed by atoms with van der Waals surface area (Å²) >= 11 is 0. The lowest BCUT2D eigenvalue weighted by Gasteiger charge is -2.23. The topological polar surface area (TPSA) is 55.1 Å². The predicted octanol–water partition coefficient (Wildman–Crippen LogP) is 3.12. The number of aliphatic carboxylic acids is 1. The normalized spacial score (nSPS) is 15.9. The first kappa shape index (κ1) is 12.2. The Kier molecular flexibility index (Phi) is 2.62. The summed E-state index contributed by atoms with van der Waals surface area (Å²) in [4.78, 5) is 15.4. The van der Waals surface area contributed by atoms with Gasteiger partial charge in [-0.2, -0.15) is 0 Å². The van der Waals surface area contributed by atoms with Gasteiger partial charge in [0.1, 0.15) is 0 Å². The van der Waals surface area contributed by atoms with E-state index in [1.807, 2.05) is 32.3 Å². The van der Waals surface area contributed by atoms with Gasteiger partial charge in [0.2, 0.25) is 0 Å². The van der Waals surface area contributed by atoms with Crippen molar-refractivity contribution < 1.29 is 9.90 Å². The van der Waals surface area contributed by atoms with E-state index in [0.29, 0.717) is 6.04 Å². The van der Waals surface area contributed by atoms with Crippen LogP contribution in [0.5, 0.6) is 0 Å². The van der Waals surface area contributed by atoms with Gasteiger partial charge in [-0.3, -0.25) is 4.79 Å². The van der Waals surface area contributed by atoms with Crippen LogP contribution in [0.1, 0.15) is 44.7 Å². The molecule has 1 aromatic carbocycles. The second-order valence-corrected chi connectivity index (χ2v) is 6.04.